The molecule has 216 valence electrons. The van der Waals surface area contributed by atoms with E-state index in [2.05, 4.69) is 15.3 Å². The Morgan fingerprint density at radius 2 is 1.83 bits per heavy atom. The highest BCUT2D eigenvalue weighted by molar-refractivity contribution is 5.79. The van der Waals surface area contributed by atoms with E-state index in [9.17, 15) is 19.7 Å². The minimum Gasteiger partial charge on any atom is -0.497 e. The number of anilines is 2. The predicted molar refractivity (Wildman–Crippen MR) is 151 cm³/mol. The SMILES string of the molecule is COc1ccc(Nc2cc3c(cn2)n(C)c(=O)n3C2CCC(N(C)C(=O)Oc3cnc([N+](=O)[O-])n3C)CC2)c(C)c1. The van der Waals surface area contributed by atoms with Crippen molar-refractivity contribution in [1.82, 2.24) is 28.6 Å². The van der Waals surface area contributed by atoms with Gasteiger partial charge in [0, 0.05) is 37.9 Å². The average Bonchev–Trinajstić information content (AvgIpc) is 3.45. The van der Waals surface area contributed by atoms with Gasteiger partial charge in [-0.3, -0.25) is 9.13 Å². The van der Waals surface area contributed by atoms with Crippen molar-refractivity contribution in [1.29, 1.82) is 0 Å². The monoisotopic (exact) mass is 564 g/mol. The fourth-order valence-corrected chi connectivity index (χ4v) is 5.38. The number of carbonyl (C=O) groups is 1. The molecule has 5 rings (SSSR count). The molecule has 0 bridgehead atoms. The van der Waals surface area contributed by atoms with Crippen molar-refractivity contribution >= 4 is 34.6 Å². The molecular weight excluding hydrogens is 532 g/mol. The fraction of sp³-hybridized carbons (Fsp3) is 0.407. The highest BCUT2D eigenvalue weighted by Crippen LogP contribution is 2.33. The zero-order chi connectivity index (χ0) is 29.4. The van der Waals surface area contributed by atoms with Crippen LogP contribution in [0, 0.1) is 17.0 Å². The first-order valence-corrected chi connectivity index (χ1v) is 13.2. The van der Waals surface area contributed by atoms with Gasteiger partial charge in [0.1, 0.15) is 11.6 Å². The van der Waals surface area contributed by atoms with Crippen LogP contribution in [-0.2, 0) is 14.1 Å². The van der Waals surface area contributed by atoms with Crippen LogP contribution in [0.25, 0.3) is 11.0 Å². The summed E-state index contributed by atoms with van der Waals surface area (Å²) < 4.78 is 15.2. The molecule has 1 saturated carbocycles. The highest BCUT2D eigenvalue weighted by Gasteiger charge is 2.31. The van der Waals surface area contributed by atoms with Gasteiger partial charge in [-0.05, 0) is 61.3 Å². The number of nitrogens with one attached hydrogen (secondary N) is 1. The van der Waals surface area contributed by atoms with Gasteiger partial charge in [0.2, 0.25) is 0 Å². The minimum atomic E-state index is -0.646. The molecule has 0 saturated heterocycles. The first kappa shape index (κ1) is 27.7. The lowest BCUT2D eigenvalue weighted by Gasteiger charge is -2.34. The molecular formula is C27H32N8O6. The smallest absolute Gasteiger partial charge is 0.437 e. The molecule has 41 heavy (non-hydrogen) atoms. The lowest BCUT2D eigenvalue weighted by atomic mass is 9.90. The number of rotatable bonds is 7. The zero-order valence-corrected chi connectivity index (χ0v) is 23.5. The third-order valence-corrected chi connectivity index (χ3v) is 7.82. The molecule has 1 N–H and O–H groups in total. The molecule has 14 nitrogen and oxygen atoms in total. The summed E-state index contributed by atoms with van der Waals surface area (Å²) >= 11 is 0. The number of aromatic nitrogens is 5. The van der Waals surface area contributed by atoms with Gasteiger partial charge in [-0.2, -0.15) is 4.57 Å². The lowest BCUT2D eigenvalue weighted by Crippen LogP contribution is -2.42. The molecule has 3 heterocycles. The zero-order valence-electron chi connectivity index (χ0n) is 23.5. The number of hydrogen-bond acceptors (Lipinski definition) is 9. The summed E-state index contributed by atoms with van der Waals surface area (Å²) in [7, 11) is 6.42. The van der Waals surface area contributed by atoms with Gasteiger partial charge in [-0.1, -0.05) is 4.98 Å². The number of benzene rings is 1. The second kappa shape index (κ2) is 10.9. The summed E-state index contributed by atoms with van der Waals surface area (Å²) in [5.74, 6) is 0.970. The van der Waals surface area contributed by atoms with Gasteiger partial charge >= 0.3 is 23.6 Å². The van der Waals surface area contributed by atoms with E-state index >= 15 is 0 Å². The largest absolute Gasteiger partial charge is 0.497 e. The first-order valence-electron chi connectivity index (χ1n) is 13.2. The Hall–Kier alpha value is -4.88. The van der Waals surface area contributed by atoms with E-state index < -0.39 is 17.0 Å². The molecule has 1 aromatic carbocycles. The number of imidazole rings is 2. The van der Waals surface area contributed by atoms with Gasteiger partial charge in [0.05, 0.1) is 31.4 Å². The van der Waals surface area contributed by atoms with Crippen LogP contribution in [0.4, 0.5) is 22.2 Å². The van der Waals surface area contributed by atoms with E-state index in [0.29, 0.717) is 31.5 Å². The van der Waals surface area contributed by atoms with Crippen molar-refractivity contribution in [2.45, 2.75) is 44.7 Å². The van der Waals surface area contributed by atoms with E-state index in [1.807, 2.05) is 35.8 Å². The van der Waals surface area contributed by atoms with Crippen LogP contribution >= 0.6 is 0 Å². The summed E-state index contributed by atoms with van der Waals surface area (Å²) in [6, 6.07) is 7.47. The third kappa shape index (κ3) is 5.19. The average molecular weight is 565 g/mol. The van der Waals surface area contributed by atoms with E-state index in [-0.39, 0.29) is 23.7 Å². The van der Waals surface area contributed by atoms with Gasteiger partial charge < -0.3 is 29.8 Å². The van der Waals surface area contributed by atoms with Crippen molar-refractivity contribution in [3.05, 3.63) is 62.8 Å². The minimum absolute atomic E-state index is 0.00704. The molecule has 4 aromatic rings. The Balaban J connectivity index is 1.30. The van der Waals surface area contributed by atoms with Crippen LogP contribution in [-0.4, -0.2) is 59.8 Å². The molecule has 0 spiro atoms. The molecule has 1 aliphatic carbocycles. The molecule has 0 radical (unpaired) electrons. The Kier molecular flexibility index (Phi) is 7.39. The summed E-state index contributed by atoms with van der Waals surface area (Å²) in [4.78, 5) is 46.2. The number of aryl methyl sites for hydroxylation is 2. The highest BCUT2D eigenvalue weighted by atomic mass is 16.6. The normalized spacial score (nSPS) is 16.9. The van der Waals surface area contributed by atoms with Crippen LogP contribution in [0.15, 0.2) is 41.5 Å². The lowest BCUT2D eigenvalue weighted by molar-refractivity contribution is -0.396. The fourth-order valence-electron chi connectivity index (χ4n) is 5.38. The van der Waals surface area contributed by atoms with E-state index in [1.54, 1.807) is 32.0 Å². The van der Waals surface area contributed by atoms with Crippen LogP contribution in [0.3, 0.4) is 0 Å². The van der Waals surface area contributed by atoms with Crippen molar-refractivity contribution < 1.29 is 19.2 Å². The molecule has 1 aliphatic rings. The topological polar surface area (TPSA) is 152 Å². The number of nitrogens with zero attached hydrogens (tertiary/aromatic N) is 7. The molecule has 1 fully saturated rings. The summed E-state index contributed by atoms with van der Waals surface area (Å²) in [6.07, 6.45) is 4.91. The van der Waals surface area contributed by atoms with Crippen molar-refractivity contribution in [2.75, 3.05) is 19.5 Å². The number of fused-ring (bicyclic) bond motifs is 1. The summed E-state index contributed by atoms with van der Waals surface area (Å²) in [5, 5.41) is 14.4. The Labute approximate surface area is 235 Å². The first-order chi connectivity index (χ1) is 19.6. The third-order valence-electron chi connectivity index (χ3n) is 7.82. The Morgan fingerprint density at radius 3 is 2.46 bits per heavy atom. The Morgan fingerprint density at radius 1 is 1.10 bits per heavy atom. The van der Waals surface area contributed by atoms with E-state index in [4.69, 9.17) is 9.47 Å². The summed E-state index contributed by atoms with van der Waals surface area (Å²) in [6.45, 7) is 1.98. The number of methoxy groups -OCH3 is 1. The maximum atomic E-state index is 13.3. The number of carbonyl (C=O) groups excluding carboxylic acids is 1. The Bertz CT molecular complexity index is 1680. The maximum absolute atomic E-state index is 13.3. The quantitative estimate of drug-likeness (QED) is 0.259. The summed E-state index contributed by atoms with van der Waals surface area (Å²) in [5.41, 5.74) is 3.29. The van der Waals surface area contributed by atoms with Crippen LogP contribution < -0.4 is 20.5 Å². The molecule has 3 aromatic heterocycles. The van der Waals surface area contributed by atoms with Crippen molar-refractivity contribution in [3.8, 4) is 11.6 Å². The van der Waals surface area contributed by atoms with Gasteiger partial charge in [-0.25, -0.2) is 14.6 Å². The second-order valence-corrected chi connectivity index (χ2v) is 10.2. The number of pyridine rings is 1. The number of ether oxygens (including phenoxy) is 2. The molecule has 0 unspecified atom stereocenters. The maximum Gasteiger partial charge on any atom is 0.437 e. The van der Waals surface area contributed by atoms with Crippen molar-refractivity contribution in [3.63, 3.8) is 0 Å². The molecule has 0 atom stereocenters. The van der Waals surface area contributed by atoms with Gasteiger partial charge in [0.25, 0.3) is 0 Å². The predicted octanol–water partition coefficient (Wildman–Crippen LogP) is 4.05. The number of nitro groups is 1. The number of hydrogen-bond donors (Lipinski definition) is 1. The van der Waals surface area contributed by atoms with E-state index in [0.717, 1.165) is 38.8 Å². The molecule has 1 amide bonds. The van der Waals surface area contributed by atoms with E-state index in [1.165, 1.54) is 11.9 Å². The number of amides is 1. The molecule has 14 heteroatoms. The second-order valence-electron chi connectivity index (χ2n) is 10.2. The molecule has 0 aliphatic heterocycles. The van der Waals surface area contributed by atoms with Crippen LogP contribution in [0.5, 0.6) is 11.6 Å². The van der Waals surface area contributed by atoms with Crippen LogP contribution in [0.1, 0.15) is 37.3 Å². The van der Waals surface area contributed by atoms with Crippen molar-refractivity contribution in [2.24, 2.45) is 14.1 Å². The van der Waals surface area contributed by atoms with Gasteiger partial charge in [-0.15, -0.1) is 0 Å². The van der Waals surface area contributed by atoms with Gasteiger partial charge in [0.15, 0.2) is 6.20 Å². The van der Waals surface area contributed by atoms with Crippen LogP contribution in [0.2, 0.25) is 0 Å². The standard InChI is InChI=1S/C27H32N8O6/c1-16-12-19(40-5)10-11-20(16)30-23-13-21-22(14-28-23)32(3)26(36)34(21)18-8-6-17(7-9-18)31(2)27(37)41-24-15-29-25(33(24)4)35(38)39/h10-15,17-18H,6-9H2,1-5H3,(H,28,30).